The van der Waals surface area contributed by atoms with E-state index in [1.165, 1.54) is 24.0 Å². The summed E-state index contributed by atoms with van der Waals surface area (Å²) in [5.74, 6) is 1.67. The number of carbonyl (C=O) groups is 1. The van der Waals surface area contributed by atoms with Crippen LogP contribution in [0.4, 0.5) is 0 Å². The fourth-order valence-corrected chi connectivity index (χ4v) is 2.81. The maximum atomic E-state index is 12.1. The number of benzene rings is 1. The molecule has 0 saturated heterocycles. The molecule has 0 aromatic heterocycles. The largest absolute Gasteiger partial charge is 0.299 e. The minimum absolute atomic E-state index is 0.353. The minimum atomic E-state index is 0.353. The minimum Gasteiger partial charge on any atom is -0.299 e. The molecule has 0 aliphatic heterocycles. The summed E-state index contributed by atoms with van der Waals surface area (Å²) in [4.78, 5) is 12.1. The van der Waals surface area contributed by atoms with Crippen LogP contribution in [0.25, 0.3) is 0 Å². The van der Waals surface area contributed by atoms with Gasteiger partial charge in [0.2, 0.25) is 0 Å². The van der Waals surface area contributed by atoms with Crippen LogP contribution in [-0.4, -0.2) is 5.78 Å². The molecule has 0 heterocycles. The third-order valence-electron chi connectivity index (χ3n) is 4.25. The number of hydrogen-bond acceptors (Lipinski definition) is 1. The van der Waals surface area contributed by atoms with Crippen LogP contribution in [-0.2, 0) is 11.2 Å². The van der Waals surface area contributed by atoms with Crippen molar-refractivity contribution >= 4 is 5.78 Å². The predicted octanol–water partition coefficient (Wildman–Crippen LogP) is 4.32. The van der Waals surface area contributed by atoms with E-state index >= 15 is 0 Å². The molecular formula is C17H24O. The van der Waals surface area contributed by atoms with Gasteiger partial charge in [0, 0.05) is 12.3 Å². The molecule has 1 saturated carbocycles. The molecule has 18 heavy (non-hydrogen) atoms. The average molecular weight is 244 g/mol. The smallest absolute Gasteiger partial charge is 0.136 e. The van der Waals surface area contributed by atoms with E-state index in [9.17, 15) is 4.79 Å². The maximum absolute atomic E-state index is 12.1. The number of ketones is 1. The highest BCUT2D eigenvalue weighted by Crippen LogP contribution is 2.29. The van der Waals surface area contributed by atoms with E-state index in [2.05, 4.69) is 38.1 Å². The van der Waals surface area contributed by atoms with Crippen molar-refractivity contribution in [3.05, 3.63) is 35.4 Å². The van der Waals surface area contributed by atoms with E-state index < -0.39 is 0 Å². The van der Waals surface area contributed by atoms with Crippen LogP contribution in [0.5, 0.6) is 0 Å². The monoisotopic (exact) mass is 244 g/mol. The molecule has 1 heteroatoms. The first kappa shape index (κ1) is 13.3. The van der Waals surface area contributed by atoms with Gasteiger partial charge in [-0.1, -0.05) is 49.6 Å². The predicted molar refractivity (Wildman–Crippen MR) is 75.6 cm³/mol. The third-order valence-corrected chi connectivity index (χ3v) is 4.25. The van der Waals surface area contributed by atoms with E-state index in [1.807, 2.05) is 0 Å². The van der Waals surface area contributed by atoms with Gasteiger partial charge in [-0.3, -0.25) is 4.79 Å². The van der Waals surface area contributed by atoms with Crippen LogP contribution in [0.15, 0.2) is 24.3 Å². The molecule has 0 amide bonds. The number of carbonyl (C=O) groups excluding carboxylic acids is 1. The SMILES string of the molecule is Cc1ccc(CCC(=O)C2CCC(C)CC2)cc1. The lowest BCUT2D eigenvalue weighted by molar-refractivity contribution is -0.124. The Morgan fingerprint density at radius 3 is 2.33 bits per heavy atom. The Morgan fingerprint density at radius 1 is 1.11 bits per heavy atom. The first-order valence-corrected chi connectivity index (χ1v) is 7.23. The van der Waals surface area contributed by atoms with E-state index in [4.69, 9.17) is 0 Å². The van der Waals surface area contributed by atoms with Crippen LogP contribution < -0.4 is 0 Å². The summed E-state index contributed by atoms with van der Waals surface area (Å²) in [6, 6.07) is 8.54. The van der Waals surface area contributed by atoms with Crippen LogP contribution in [0.1, 0.15) is 50.2 Å². The van der Waals surface area contributed by atoms with Gasteiger partial charge >= 0.3 is 0 Å². The summed E-state index contributed by atoms with van der Waals surface area (Å²) in [6.45, 7) is 4.39. The highest BCUT2D eigenvalue weighted by atomic mass is 16.1. The lowest BCUT2D eigenvalue weighted by Crippen LogP contribution is -2.21. The highest BCUT2D eigenvalue weighted by Gasteiger charge is 2.23. The normalized spacial score (nSPS) is 23.9. The van der Waals surface area contributed by atoms with Gasteiger partial charge in [-0.25, -0.2) is 0 Å². The summed E-state index contributed by atoms with van der Waals surface area (Å²) in [5.41, 5.74) is 2.57. The Morgan fingerprint density at radius 2 is 1.72 bits per heavy atom. The molecule has 1 fully saturated rings. The molecular weight excluding hydrogens is 220 g/mol. The van der Waals surface area contributed by atoms with Crippen LogP contribution in [0.3, 0.4) is 0 Å². The molecule has 0 bridgehead atoms. The van der Waals surface area contributed by atoms with Crippen molar-refractivity contribution in [3.8, 4) is 0 Å². The Kier molecular flexibility index (Phi) is 4.57. The van der Waals surface area contributed by atoms with E-state index in [0.717, 1.165) is 31.6 Å². The molecule has 1 aromatic rings. The van der Waals surface area contributed by atoms with Gasteiger partial charge in [-0.15, -0.1) is 0 Å². The van der Waals surface area contributed by atoms with Crippen LogP contribution in [0, 0.1) is 18.8 Å². The summed E-state index contributed by atoms with van der Waals surface area (Å²) in [5, 5.41) is 0. The van der Waals surface area contributed by atoms with Crippen molar-refractivity contribution in [3.63, 3.8) is 0 Å². The zero-order valence-corrected chi connectivity index (χ0v) is 11.6. The van der Waals surface area contributed by atoms with Gasteiger partial charge in [-0.05, 0) is 37.7 Å². The van der Waals surface area contributed by atoms with E-state index in [1.54, 1.807) is 0 Å². The molecule has 0 spiro atoms. The summed E-state index contributed by atoms with van der Waals surface area (Å²) in [6.07, 6.45) is 6.34. The number of rotatable bonds is 4. The van der Waals surface area contributed by atoms with Gasteiger partial charge in [-0.2, -0.15) is 0 Å². The number of aryl methyl sites for hydroxylation is 2. The molecule has 0 N–H and O–H groups in total. The van der Waals surface area contributed by atoms with Gasteiger partial charge in [0.25, 0.3) is 0 Å². The van der Waals surface area contributed by atoms with Crippen molar-refractivity contribution in [2.75, 3.05) is 0 Å². The fraction of sp³-hybridized carbons (Fsp3) is 0.588. The van der Waals surface area contributed by atoms with Crippen molar-refractivity contribution in [1.29, 1.82) is 0 Å². The van der Waals surface area contributed by atoms with Gasteiger partial charge in [0.15, 0.2) is 0 Å². The molecule has 1 aromatic carbocycles. The first-order valence-electron chi connectivity index (χ1n) is 7.23. The molecule has 0 unspecified atom stereocenters. The lowest BCUT2D eigenvalue weighted by atomic mass is 9.80. The first-order chi connectivity index (χ1) is 8.65. The Bertz CT molecular complexity index is 383. The third kappa shape index (κ3) is 3.69. The second-order valence-corrected chi connectivity index (χ2v) is 5.91. The highest BCUT2D eigenvalue weighted by molar-refractivity contribution is 5.81. The van der Waals surface area contributed by atoms with Gasteiger partial charge < -0.3 is 0 Å². The Labute approximate surface area is 111 Å². The maximum Gasteiger partial charge on any atom is 0.136 e. The molecule has 0 radical (unpaired) electrons. The quantitative estimate of drug-likeness (QED) is 0.770. The topological polar surface area (TPSA) is 17.1 Å². The number of Topliss-reactive ketones (excluding diaryl/α,β-unsaturated/α-hetero) is 1. The van der Waals surface area contributed by atoms with E-state index in [0.29, 0.717) is 11.7 Å². The molecule has 2 rings (SSSR count). The van der Waals surface area contributed by atoms with Gasteiger partial charge in [0.1, 0.15) is 5.78 Å². The van der Waals surface area contributed by atoms with Crippen molar-refractivity contribution in [2.24, 2.45) is 11.8 Å². The molecule has 1 aliphatic carbocycles. The zero-order chi connectivity index (χ0) is 13.0. The molecule has 1 nitrogen and oxygen atoms in total. The van der Waals surface area contributed by atoms with Crippen molar-refractivity contribution in [2.45, 2.75) is 52.4 Å². The van der Waals surface area contributed by atoms with Crippen molar-refractivity contribution in [1.82, 2.24) is 0 Å². The van der Waals surface area contributed by atoms with Crippen molar-refractivity contribution < 1.29 is 4.79 Å². The van der Waals surface area contributed by atoms with Gasteiger partial charge in [0.05, 0.1) is 0 Å². The zero-order valence-electron chi connectivity index (χ0n) is 11.6. The summed E-state index contributed by atoms with van der Waals surface area (Å²) in [7, 11) is 0. The molecule has 1 aliphatic rings. The van der Waals surface area contributed by atoms with E-state index in [-0.39, 0.29) is 0 Å². The van der Waals surface area contributed by atoms with Crippen LogP contribution >= 0.6 is 0 Å². The Hall–Kier alpha value is -1.11. The summed E-state index contributed by atoms with van der Waals surface area (Å²) < 4.78 is 0. The number of hydrogen-bond donors (Lipinski definition) is 0. The molecule has 98 valence electrons. The summed E-state index contributed by atoms with van der Waals surface area (Å²) >= 11 is 0. The fourth-order valence-electron chi connectivity index (χ4n) is 2.81. The Balaban J connectivity index is 1.79. The molecule has 0 atom stereocenters. The average Bonchev–Trinajstić information content (AvgIpc) is 2.38. The lowest BCUT2D eigenvalue weighted by Gasteiger charge is -2.25. The standard InChI is InChI=1S/C17H24O/c1-13-3-7-15(8-4-13)9-12-17(18)16-10-5-14(2)6-11-16/h3-4,7-8,14,16H,5-6,9-12H2,1-2H3. The van der Waals surface area contributed by atoms with Crippen LogP contribution in [0.2, 0.25) is 0 Å². The second-order valence-electron chi connectivity index (χ2n) is 5.91. The second kappa shape index (κ2) is 6.17.